The SMILES string of the molecule is CCOC(=O)c1ccc(NC(=O)CCc2nnc(-c3cc(C)nn3CC)o2)cc1. The minimum atomic E-state index is -0.391. The van der Waals surface area contributed by atoms with Crippen molar-refractivity contribution in [1.82, 2.24) is 20.0 Å². The maximum Gasteiger partial charge on any atom is 0.338 e. The van der Waals surface area contributed by atoms with E-state index in [1.807, 2.05) is 19.9 Å². The first-order valence-corrected chi connectivity index (χ1v) is 9.44. The van der Waals surface area contributed by atoms with Crippen molar-refractivity contribution in [3.05, 3.63) is 47.5 Å². The number of benzene rings is 1. The van der Waals surface area contributed by atoms with E-state index in [-0.39, 0.29) is 12.3 Å². The first-order chi connectivity index (χ1) is 14.0. The summed E-state index contributed by atoms with van der Waals surface area (Å²) in [4.78, 5) is 23.8. The third kappa shape index (κ3) is 5.07. The summed E-state index contributed by atoms with van der Waals surface area (Å²) in [6.07, 6.45) is 0.506. The molecule has 1 N–H and O–H groups in total. The Balaban J connectivity index is 1.55. The molecule has 0 unspecified atom stereocenters. The molecule has 9 nitrogen and oxygen atoms in total. The predicted molar refractivity (Wildman–Crippen MR) is 105 cm³/mol. The lowest BCUT2D eigenvalue weighted by Crippen LogP contribution is -2.12. The number of rotatable bonds is 8. The van der Waals surface area contributed by atoms with Crippen LogP contribution in [0.5, 0.6) is 0 Å². The average Bonchev–Trinajstić information content (AvgIpc) is 3.33. The summed E-state index contributed by atoms with van der Waals surface area (Å²) >= 11 is 0. The highest BCUT2D eigenvalue weighted by atomic mass is 16.5. The van der Waals surface area contributed by atoms with Crippen molar-refractivity contribution in [3.63, 3.8) is 0 Å². The number of ether oxygens (including phenoxy) is 1. The van der Waals surface area contributed by atoms with E-state index in [9.17, 15) is 9.59 Å². The number of hydrogen-bond donors (Lipinski definition) is 1. The molecular formula is C20H23N5O4. The van der Waals surface area contributed by atoms with Gasteiger partial charge in [0.15, 0.2) is 0 Å². The molecule has 1 amide bonds. The van der Waals surface area contributed by atoms with Gasteiger partial charge in [-0.2, -0.15) is 5.10 Å². The Morgan fingerprint density at radius 1 is 1.17 bits per heavy atom. The van der Waals surface area contributed by atoms with Gasteiger partial charge in [-0.3, -0.25) is 9.48 Å². The molecule has 0 spiro atoms. The molecule has 1 aromatic carbocycles. The van der Waals surface area contributed by atoms with E-state index in [1.165, 1.54) is 0 Å². The Kier molecular flexibility index (Phi) is 6.38. The lowest BCUT2D eigenvalue weighted by atomic mass is 10.2. The Morgan fingerprint density at radius 3 is 2.62 bits per heavy atom. The normalized spacial score (nSPS) is 10.7. The van der Waals surface area contributed by atoms with Gasteiger partial charge < -0.3 is 14.5 Å². The van der Waals surface area contributed by atoms with Gasteiger partial charge in [-0.15, -0.1) is 10.2 Å². The number of nitrogens with one attached hydrogen (secondary N) is 1. The van der Waals surface area contributed by atoms with Crippen LogP contribution >= 0.6 is 0 Å². The fraction of sp³-hybridized carbons (Fsp3) is 0.350. The van der Waals surface area contributed by atoms with E-state index in [4.69, 9.17) is 9.15 Å². The second-order valence-electron chi connectivity index (χ2n) is 6.33. The highest BCUT2D eigenvalue weighted by molar-refractivity contribution is 5.93. The average molecular weight is 397 g/mol. The molecule has 29 heavy (non-hydrogen) atoms. The van der Waals surface area contributed by atoms with Crippen molar-refractivity contribution in [2.45, 2.75) is 40.2 Å². The molecular weight excluding hydrogens is 374 g/mol. The summed E-state index contributed by atoms with van der Waals surface area (Å²) in [7, 11) is 0. The summed E-state index contributed by atoms with van der Waals surface area (Å²) < 4.78 is 12.4. The quantitative estimate of drug-likeness (QED) is 0.581. The van der Waals surface area contributed by atoms with Gasteiger partial charge in [-0.25, -0.2) is 4.79 Å². The number of amides is 1. The van der Waals surface area contributed by atoms with Crippen molar-refractivity contribution < 1.29 is 18.7 Å². The molecule has 3 aromatic rings. The zero-order valence-corrected chi connectivity index (χ0v) is 16.6. The third-order valence-corrected chi connectivity index (χ3v) is 4.13. The smallest absolute Gasteiger partial charge is 0.338 e. The van der Waals surface area contributed by atoms with E-state index in [0.717, 1.165) is 11.4 Å². The van der Waals surface area contributed by atoms with Crippen LogP contribution < -0.4 is 5.32 Å². The van der Waals surface area contributed by atoms with Gasteiger partial charge >= 0.3 is 5.97 Å². The summed E-state index contributed by atoms with van der Waals surface area (Å²) in [5, 5.41) is 15.2. The van der Waals surface area contributed by atoms with Crippen LogP contribution in [0, 0.1) is 6.92 Å². The predicted octanol–water partition coefficient (Wildman–Crippen LogP) is 3.01. The number of esters is 1. The molecule has 0 saturated heterocycles. The summed E-state index contributed by atoms with van der Waals surface area (Å²) in [6.45, 7) is 6.64. The van der Waals surface area contributed by atoms with Crippen LogP contribution in [-0.4, -0.2) is 38.5 Å². The van der Waals surface area contributed by atoms with Gasteiger partial charge in [0, 0.05) is 25.1 Å². The van der Waals surface area contributed by atoms with E-state index in [1.54, 1.807) is 35.9 Å². The van der Waals surface area contributed by atoms with Crippen LogP contribution in [0.3, 0.4) is 0 Å². The maximum atomic E-state index is 12.2. The lowest BCUT2D eigenvalue weighted by Gasteiger charge is -2.06. The van der Waals surface area contributed by atoms with E-state index in [0.29, 0.717) is 42.6 Å². The molecule has 0 atom stereocenters. The zero-order chi connectivity index (χ0) is 20.8. The summed E-state index contributed by atoms with van der Waals surface area (Å²) in [6, 6.07) is 8.41. The Morgan fingerprint density at radius 2 is 1.93 bits per heavy atom. The van der Waals surface area contributed by atoms with E-state index < -0.39 is 5.97 Å². The minimum Gasteiger partial charge on any atom is -0.462 e. The second kappa shape index (κ2) is 9.13. The Bertz CT molecular complexity index is 991. The maximum absolute atomic E-state index is 12.2. The van der Waals surface area contributed by atoms with Gasteiger partial charge in [0.1, 0.15) is 5.69 Å². The molecule has 0 aliphatic rings. The van der Waals surface area contributed by atoms with Gasteiger partial charge in [0.2, 0.25) is 11.8 Å². The third-order valence-electron chi connectivity index (χ3n) is 4.13. The van der Waals surface area contributed by atoms with Crippen LogP contribution in [0.1, 0.15) is 42.2 Å². The molecule has 152 valence electrons. The van der Waals surface area contributed by atoms with Crippen molar-refractivity contribution >= 4 is 17.6 Å². The summed E-state index contributed by atoms with van der Waals surface area (Å²) in [5.41, 5.74) is 2.66. The van der Waals surface area contributed by atoms with Crippen LogP contribution in [0.15, 0.2) is 34.7 Å². The highest BCUT2D eigenvalue weighted by Gasteiger charge is 2.15. The van der Waals surface area contributed by atoms with Crippen molar-refractivity contribution in [2.24, 2.45) is 0 Å². The number of hydrogen-bond acceptors (Lipinski definition) is 7. The molecule has 0 radical (unpaired) electrons. The fourth-order valence-electron chi connectivity index (χ4n) is 2.76. The number of carbonyl (C=O) groups is 2. The number of carbonyl (C=O) groups excluding carboxylic acids is 2. The van der Waals surface area contributed by atoms with Crippen LogP contribution in [0.4, 0.5) is 5.69 Å². The molecule has 0 bridgehead atoms. The highest BCUT2D eigenvalue weighted by Crippen LogP contribution is 2.20. The Labute approximate surface area is 168 Å². The fourth-order valence-corrected chi connectivity index (χ4v) is 2.76. The molecule has 0 fully saturated rings. The standard InChI is InChI=1S/C20H23N5O4/c1-4-25-16(12-13(3)24-25)19-23-22-18(29-19)11-10-17(26)21-15-8-6-14(7-9-15)20(27)28-5-2/h6-9,12H,4-5,10-11H2,1-3H3,(H,21,26). The number of aromatic nitrogens is 4. The van der Waals surface area contributed by atoms with Gasteiger partial charge in [-0.1, -0.05) is 0 Å². The molecule has 0 saturated carbocycles. The van der Waals surface area contributed by atoms with Crippen molar-refractivity contribution in [1.29, 1.82) is 0 Å². The van der Waals surface area contributed by atoms with Crippen molar-refractivity contribution in [2.75, 3.05) is 11.9 Å². The number of aryl methyl sites for hydroxylation is 3. The second-order valence-corrected chi connectivity index (χ2v) is 6.33. The molecule has 0 aliphatic heterocycles. The Hall–Kier alpha value is -3.49. The molecule has 3 rings (SSSR count). The summed E-state index contributed by atoms with van der Waals surface area (Å²) in [5.74, 6) is 0.187. The molecule has 9 heteroatoms. The first kappa shape index (κ1) is 20.2. The van der Waals surface area contributed by atoms with Crippen molar-refractivity contribution in [3.8, 4) is 11.6 Å². The van der Waals surface area contributed by atoms with E-state index in [2.05, 4.69) is 20.6 Å². The first-order valence-electron chi connectivity index (χ1n) is 9.44. The topological polar surface area (TPSA) is 112 Å². The molecule has 2 aromatic heterocycles. The number of anilines is 1. The number of nitrogens with zero attached hydrogens (tertiary/aromatic N) is 4. The zero-order valence-electron chi connectivity index (χ0n) is 16.6. The molecule has 2 heterocycles. The largest absolute Gasteiger partial charge is 0.462 e. The monoisotopic (exact) mass is 397 g/mol. The van der Waals surface area contributed by atoms with Crippen LogP contribution in [0.25, 0.3) is 11.6 Å². The van der Waals surface area contributed by atoms with Gasteiger partial charge in [0.05, 0.1) is 17.9 Å². The van der Waals surface area contributed by atoms with Gasteiger partial charge in [0.25, 0.3) is 5.89 Å². The molecule has 0 aliphatic carbocycles. The van der Waals surface area contributed by atoms with Crippen LogP contribution in [0.2, 0.25) is 0 Å². The lowest BCUT2D eigenvalue weighted by molar-refractivity contribution is -0.116. The minimum absolute atomic E-state index is 0.188. The van der Waals surface area contributed by atoms with E-state index >= 15 is 0 Å². The van der Waals surface area contributed by atoms with Gasteiger partial charge in [-0.05, 0) is 51.1 Å². The van der Waals surface area contributed by atoms with Crippen LogP contribution in [-0.2, 0) is 22.5 Å².